The minimum absolute atomic E-state index is 0.0162. The molecule has 1 saturated heterocycles. The van der Waals surface area contributed by atoms with Crippen molar-refractivity contribution in [1.82, 2.24) is 16.3 Å². The van der Waals surface area contributed by atoms with Gasteiger partial charge in [-0.05, 0) is 49.0 Å². The lowest BCUT2D eigenvalue weighted by Crippen LogP contribution is -2.61. The van der Waals surface area contributed by atoms with Gasteiger partial charge in [-0.2, -0.15) is 5.10 Å². The van der Waals surface area contributed by atoms with E-state index in [9.17, 15) is 9.90 Å². The summed E-state index contributed by atoms with van der Waals surface area (Å²) in [6, 6.07) is 0. The van der Waals surface area contributed by atoms with Gasteiger partial charge in [0.2, 0.25) is 0 Å². The minimum atomic E-state index is -0.984. The van der Waals surface area contributed by atoms with Gasteiger partial charge >= 0.3 is 5.97 Å². The summed E-state index contributed by atoms with van der Waals surface area (Å²) in [7, 11) is 0. The normalized spacial score (nSPS) is 32.0. The fraction of sp³-hybridized carbons (Fsp3) is 0.778. The van der Waals surface area contributed by atoms with Crippen LogP contribution in [0.25, 0.3) is 0 Å². The molecule has 0 aromatic carbocycles. The van der Waals surface area contributed by atoms with Crippen LogP contribution in [0, 0.1) is 17.8 Å². The van der Waals surface area contributed by atoms with E-state index in [0.29, 0.717) is 17.4 Å². The van der Waals surface area contributed by atoms with Crippen LogP contribution in [-0.4, -0.2) is 29.5 Å². The van der Waals surface area contributed by atoms with Crippen LogP contribution in [0.5, 0.6) is 0 Å². The maximum Gasteiger partial charge on any atom is 0.356 e. The molecule has 4 N–H and O–H groups in total. The van der Waals surface area contributed by atoms with Crippen molar-refractivity contribution in [3.05, 3.63) is 12.2 Å². The van der Waals surface area contributed by atoms with E-state index in [1.165, 1.54) is 32.1 Å². The van der Waals surface area contributed by atoms with E-state index < -0.39 is 5.97 Å². The van der Waals surface area contributed by atoms with Gasteiger partial charge in [0.25, 0.3) is 0 Å². The molecule has 3 fully saturated rings. The standard InChI is InChI=1S/C18H30N4O2/c1-12(13-7-3-2-4-8-13)16(18(23)24)20-22-17-15-10-6-5-9-14(15)11-19-21-17/h13-15,17,19,21-22H,1-11H2,(H,23,24). The second-order valence-corrected chi connectivity index (χ2v) is 7.47. The first-order valence-electron chi connectivity index (χ1n) is 9.41. The molecule has 3 unspecified atom stereocenters. The molecule has 0 aromatic heterocycles. The predicted octanol–water partition coefficient (Wildman–Crippen LogP) is 2.39. The Morgan fingerprint density at radius 1 is 1.08 bits per heavy atom. The Balaban J connectivity index is 1.66. The summed E-state index contributed by atoms with van der Waals surface area (Å²) in [5, 5.41) is 13.8. The first kappa shape index (κ1) is 17.4. The van der Waals surface area contributed by atoms with Crippen LogP contribution in [-0.2, 0) is 4.79 Å². The van der Waals surface area contributed by atoms with E-state index in [-0.39, 0.29) is 17.8 Å². The van der Waals surface area contributed by atoms with Crippen molar-refractivity contribution >= 4 is 11.7 Å². The third-order valence-electron chi connectivity index (χ3n) is 5.94. The molecule has 134 valence electrons. The van der Waals surface area contributed by atoms with E-state index in [1.54, 1.807) is 0 Å². The zero-order valence-electron chi connectivity index (χ0n) is 14.4. The molecular formula is C18H30N4O2. The highest BCUT2D eigenvalue weighted by atomic mass is 16.4. The topological polar surface area (TPSA) is 85.8 Å². The molecule has 3 aliphatic rings. The van der Waals surface area contributed by atoms with Gasteiger partial charge in [0.15, 0.2) is 5.71 Å². The Bertz CT molecular complexity index is 497. The van der Waals surface area contributed by atoms with Gasteiger partial charge in [-0.3, -0.25) is 10.9 Å². The summed E-state index contributed by atoms with van der Waals surface area (Å²) in [5.74, 6) is 0.418. The maximum absolute atomic E-state index is 11.7. The lowest BCUT2D eigenvalue weighted by Gasteiger charge is -2.41. The monoisotopic (exact) mass is 334 g/mol. The summed E-state index contributed by atoms with van der Waals surface area (Å²) in [5.41, 5.74) is 10.3. The van der Waals surface area contributed by atoms with Gasteiger partial charge in [0.1, 0.15) is 6.17 Å². The first-order valence-corrected chi connectivity index (χ1v) is 9.41. The molecule has 0 radical (unpaired) electrons. The summed E-state index contributed by atoms with van der Waals surface area (Å²) in [6.45, 7) is 5.04. The number of carboxylic acids is 1. The maximum atomic E-state index is 11.7. The minimum Gasteiger partial charge on any atom is -0.476 e. The summed E-state index contributed by atoms with van der Waals surface area (Å²) < 4.78 is 0. The molecule has 0 amide bonds. The third kappa shape index (κ3) is 3.98. The largest absolute Gasteiger partial charge is 0.476 e. The number of aliphatic carboxylic acids is 1. The van der Waals surface area contributed by atoms with Crippen molar-refractivity contribution in [2.24, 2.45) is 22.9 Å². The summed E-state index contributed by atoms with van der Waals surface area (Å²) in [4.78, 5) is 11.7. The zero-order chi connectivity index (χ0) is 16.9. The van der Waals surface area contributed by atoms with E-state index in [2.05, 4.69) is 28.0 Å². The molecule has 1 aliphatic heterocycles. The van der Waals surface area contributed by atoms with Crippen molar-refractivity contribution in [2.45, 2.75) is 64.0 Å². The Morgan fingerprint density at radius 3 is 2.54 bits per heavy atom. The predicted molar refractivity (Wildman–Crippen MR) is 94.3 cm³/mol. The van der Waals surface area contributed by atoms with Crippen LogP contribution in [0.3, 0.4) is 0 Å². The molecular weight excluding hydrogens is 304 g/mol. The number of hydrazine groups is 1. The zero-order valence-corrected chi connectivity index (χ0v) is 14.4. The van der Waals surface area contributed by atoms with E-state index in [4.69, 9.17) is 0 Å². The van der Waals surface area contributed by atoms with Gasteiger partial charge < -0.3 is 5.11 Å². The SMILES string of the molecule is C=C(C(=NNC1NNCC2CCCCC21)C(=O)O)C1CCCCC1. The molecule has 6 nitrogen and oxygen atoms in total. The molecule has 2 aliphatic carbocycles. The van der Waals surface area contributed by atoms with E-state index >= 15 is 0 Å². The molecule has 6 heteroatoms. The van der Waals surface area contributed by atoms with Crippen molar-refractivity contribution in [2.75, 3.05) is 6.54 Å². The van der Waals surface area contributed by atoms with Crippen LogP contribution < -0.4 is 16.3 Å². The summed E-state index contributed by atoms with van der Waals surface area (Å²) >= 11 is 0. The summed E-state index contributed by atoms with van der Waals surface area (Å²) in [6.07, 6.45) is 10.5. The quantitative estimate of drug-likeness (QED) is 0.458. The number of hydrogen-bond acceptors (Lipinski definition) is 5. The fourth-order valence-electron chi connectivity index (χ4n) is 4.50. The van der Waals surface area contributed by atoms with Crippen LogP contribution in [0.15, 0.2) is 17.3 Å². The number of rotatable bonds is 5. The van der Waals surface area contributed by atoms with Crippen molar-refractivity contribution in [1.29, 1.82) is 0 Å². The van der Waals surface area contributed by atoms with Gasteiger partial charge in [-0.25, -0.2) is 10.2 Å². The number of hydrazone groups is 1. The van der Waals surface area contributed by atoms with Gasteiger partial charge in [0.05, 0.1) is 0 Å². The highest BCUT2D eigenvalue weighted by molar-refractivity contribution is 6.42. The number of nitrogens with zero attached hydrogens (tertiary/aromatic N) is 1. The van der Waals surface area contributed by atoms with Gasteiger partial charge in [-0.15, -0.1) is 0 Å². The van der Waals surface area contributed by atoms with Crippen LogP contribution in [0.2, 0.25) is 0 Å². The number of hydrogen-bond donors (Lipinski definition) is 4. The van der Waals surface area contributed by atoms with Crippen molar-refractivity contribution in [3.63, 3.8) is 0 Å². The highest BCUT2D eigenvalue weighted by Crippen LogP contribution is 2.33. The van der Waals surface area contributed by atoms with E-state index in [1.807, 2.05) is 0 Å². The average molecular weight is 334 g/mol. The van der Waals surface area contributed by atoms with Gasteiger partial charge in [-0.1, -0.05) is 38.7 Å². The number of nitrogens with one attached hydrogen (secondary N) is 3. The Labute approximate surface area is 144 Å². The molecule has 1 heterocycles. The average Bonchev–Trinajstić information content (AvgIpc) is 2.62. The van der Waals surface area contributed by atoms with Crippen LogP contribution in [0.1, 0.15) is 57.8 Å². The third-order valence-corrected chi connectivity index (χ3v) is 5.94. The molecule has 24 heavy (non-hydrogen) atoms. The van der Waals surface area contributed by atoms with Crippen molar-refractivity contribution in [3.8, 4) is 0 Å². The highest BCUT2D eigenvalue weighted by Gasteiger charge is 2.35. The number of carbonyl (C=O) groups is 1. The smallest absolute Gasteiger partial charge is 0.356 e. The Morgan fingerprint density at radius 2 is 1.79 bits per heavy atom. The van der Waals surface area contributed by atoms with Crippen LogP contribution >= 0.6 is 0 Å². The first-order chi connectivity index (χ1) is 11.7. The lowest BCUT2D eigenvalue weighted by molar-refractivity contribution is -0.129. The number of fused-ring (bicyclic) bond motifs is 1. The number of carboxylic acid groups (broad SMARTS) is 1. The Kier molecular flexibility index (Phi) is 5.89. The van der Waals surface area contributed by atoms with Crippen molar-refractivity contribution < 1.29 is 9.90 Å². The molecule has 3 atom stereocenters. The molecule has 0 aromatic rings. The second-order valence-electron chi connectivity index (χ2n) is 7.47. The molecule has 2 saturated carbocycles. The van der Waals surface area contributed by atoms with Gasteiger partial charge in [0, 0.05) is 6.54 Å². The lowest BCUT2D eigenvalue weighted by atomic mass is 9.77. The fourth-order valence-corrected chi connectivity index (χ4v) is 4.50. The van der Waals surface area contributed by atoms with E-state index in [0.717, 1.165) is 32.2 Å². The second kappa shape index (κ2) is 8.12. The van der Waals surface area contributed by atoms with Crippen LogP contribution in [0.4, 0.5) is 0 Å². The Hall–Kier alpha value is -1.40. The molecule has 0 bridgehead atoms. The molecule has 0 spiro atoms. The molecule has 3 rings (SSSR count).